The second-order valence-electron chi connectivity index (χ2n) is 16.9. The number of amides is 4. The molecule has 338 valence electrons. The highest BCUT2D eigenvalue weighted by atomic mass is 16.5. The summed E-state index contributed by atoms with van der Waals surface area (Å²) in [5.74, 6) is 7.66. The molecule has 0 saturated carbocycles. The first kappa shape index (κ1) is 43.8. The highest BCUT2D eigenvalue weighted by molar-refractivity contribution is 5.89. The van der Waals surface area contributed by atoms with Gasteiger partial charge in [0.25, 0.3) is 5.91 Å². The van der Waals surface area contributed by atoms with Crippen molar-refractivity contribution in [3.05, 3.63) is 132 Å². The predicted octanol–water partition coefficient (Wildman–Crippen LogP) is 7.60. The summed E-state index contributed by atoms with van der Waals surface area (Å²) in [6.45, 7) is 2.25. The zero-order chi connectivity index (χ0) is 45.6. The molecule has 15 nitrogen and oxygen atoms in total. The molecule has 3 aliphatic heterocycles. The second kappa shape index (κ2) is 19.7. The maximum atomic E-state index is 14.0. The average Bonchev–Trinajstić information content (AvgIpc) is 4.22. The molecule has 3 aliphatic rings. The molecule has 2 aromatic heterocycles. The molecular weight excluding hydrogens is 837 g/mol. The smallest absolute Gasteiger partial charge is 0.407 e. The normalized spacial score (nSPS) is 18.3. The molecule has 66 heavy (non-hydrogen) atoms. The Kier molecular flexibility index (Phi) is 13.1. The van der Waals surface area contributed by atoms with Crippen molar-refractivity contribution in [1.29, 1.82) is 0 Å². The fourth-order valence-corrected chi connectivity index (χ4v) is 9.37. The minimum atomic E-state index is -0.884. The number of aromatic amines is 2. The minimum absolute atomic E-state index is 0.0319. The van der Waals surface area contributed by atoms with Crippen LogP contribution in [-0.4, -0.2) is 100 Å². The molecule has 15 heteroatoms. The van der Waals surface area contributed by atoms with Gasteiger partial charge in [0.2, 0.25) is 5.91 Å². The Balaban J connectivity index is 0.843. The van der Waals surface area contributed by atoms with Crippen molar-refractivity contribution in [2.24, 2.45) is 5.92 Å². The van der Waals surface area contributed by atoms with Gasteiger partial charge in [-0.05, 0) is 96.7 Å². The first-order chi connectivity index (χ1) is 32.3. The molecule has 0 radical (unpaired) electrons. The van der Waals surface area contributed by atoms with E-state index in [1.54, 1.807) is 11.1 Å². The van der Waals surface area contributed by atoms with Crippen molar-refractivity contribution in [1.82, 2.24) is 40.4 Å². The molecular formula is C51H52N8O7. The Labute approximate surface area is 382 Å². The standard InChI is InChI=1S/C51H52N8O7/c1-64-50(62)56-44(35-8-4-3-5-9-35)48(60)58-24-6-10-42(58)46-52-30-40(54-46)34-17-14-32(15-18-34)12-13-33-16-19-38-29-39(21-20-37(38)28-33)41-31-53-47(55-41)43-11-7-25-59(43)49(61)45(57-51(63)65-2)36-22-26-66-27-23-36/h3-5,8-9,14-21,28-31,36,42-45H,6-7,10-11,22-27H2,1-2H3,(H,52,54)(H,53,55)(H,56,62)(H,57,63)/t42-,43-,44+,45-/m0/s1. The van der Waals surface area contributed by atoms with E-state index < -0.39 is 24.3 Å². The number of carbonyl (C=O) groups excluding carboxylic acids is 4. The summed E-state index contributed by atoms with van der Waals surface area (Å²) in [5.41, 5.74) is 6.04. The summed E-state index contributed by atoms with van der Waals surface area (Å²) >= 11 is 0. The average molecular weight is 889 g/mol. The van der Waals surface area contributed by atoms with Crippen LogP contribution in [0.15, 0.2) is 103 Å². The Hall–Kier alpha value is -7.44. The number of alkyl carbamates (subject to hydrolysis) is 2. The summed E-state index contributed by atoms with van der Waals surface area (Å²) in [6.07, 6.45) is 6.87. The molecule has 0 unspecified atom stereocenters. The number of carbonyl (C=O) groups is 4. The fraction of sp³-hybridized carbons (Fsp3) is 0.333. The van der Waals surface area contributed by atoms with Gasteiger partial charge in [0.15, 0.2) is 0 Å². The van der Waals surface area contributed by atoms with Gasteiger partial charge in [-0.15, -0.1) is 0 Å². The molecule has 3 fully saturated rings. The summed E-state index contributed by atoms with van der Waals surface area (Å²) in [5, 5.41) is 7.64. The van der Waals surface area contributed by atoms with Gasteiger partial charge >= 0.3 is 12.2 Å². The topological polar surface area (TPSA) is 184 Å². The van der Waals surface area contributed by atoms with Crippen molar-refractivity contribution in [2.45, 2.75) is 62.7 Å². The molecule has 3 saturated heterocycles. The Bertz CT molecular complexity index is 2770. The van der Waals surface area contributed by atoms with Crippen LogP contribution in [0.25, 0.3) is 33.3 Å². The number of likely N-dealkylation sites (tertiary alicyclic amines) is 2. The van der Waals surface area contributed by atoms with Crippen LogP contribution in [0.3, 0.4) is 0 Å². The van der Waals surface area contributed by atoms with Gasteiger partial charge in [-0.2, -0.15) is 0 Å². The van der Waals surface area contributed by atoms with E-state index in [9.17, 15) is 19.2 Å². The van der Waals surface area contributed by atoms with Gasteiger partial charge in [0, 0.05) is 43.0 Å². The van der Waals surface area contributed by atoms with Crippen LogP contribution in [0, 0.1) is 17.8 Å². The number of methoxy groups -OCH3 is 2. The van der Waals surface area contributed by atoms with Gasteiger partial charge in [-0.3, -0.25) is 9.59 Å². The van der Waals surface area contributed by atoms with Crippen molar-refractivity contribution < 1.29 is 33.4 Å². The van der Waals surface area contributed by atoms with E-state index in [1.165, 1.54) is 14.2 Å². The third-order valence-corrected chi connectivity index (χ3v) is 12.9. The Morgan fingerprint density at radius 1 is 0.667 bits per heavy atom. The van der Waals surface area contributed by atoms with Crippen molar-refractivity contribution >= 4 is 34.8 Å². The maximum Gasteiger partial charge on any atom is 0.407 e. The van der Waals surface area contributed by atoms with E-state index >= 15 is 0 Å². The van der Waals surface area contributed by atoms with Gasteiger partial charge in [0.1, 0.15) is 23.7 Å². The largest absolute Gasteiger partial charge is 0.453 e. The second-order valence-corrected chi connectivity index (χ2v) is 16.9. The number of imidazole rings is 2. The number of nitrogens with one attached hydrogen (secondary N) is 4. The number of benzene rings is 4. The van der Waals surface area contributed by atoms with Gasteiger partial charge in [-0.25, -0.2) is 19.6 Å². The first-order valence-electron chi connectivity index (χ1n) is 22.5. The van der Waals surface area contributed by atoms with Gasteiger partial charge in [-0.1, -0.05) is 72.5 Å². The fourth-order valence-electron chi connectivity index (χ4n) is 9.37. The molecule has 0 bridgehead atoms. The van der Waals surface area contributed by atoms with Crippen molar-refractivity contribution in [2.75, 3.05) is 40.5 Å². The first-order valence-corrected chi connectivity index (χ1v) is 22.5. The highest BCUT2D eigenvalue weighted by Gasteiger charge is 2.40. The maximum absolute atomic E-state index is 14.0. The van der Waals surface area contributed by atoms with E-state index in [-0.39, 0.29) is 29.8 Å². The lowest BCUT2D eigenvalue weighted by Gasteiger charge is -2.34. The van der Waals surface area contributed by atoms with Crippen LogP contribution in [0.4, 0.5) is 9.59 Å². The predicted molar refractivity (Wildman–Crippen MR) is 247 cm³/mol. The zero-order valence-electron chi connectivity index (χ0n) is 36.9. The SMILES string of the molecule is COC(=O)N[C@H](C(=O)N1CCC[C@H]1c1ncc(-c2ccc3cc(C#Cc4ccc(-c5cnc([C@@H]6CCCN6C(=O)[C@H](NC(=O)OC)c6ccccc6)[nH]5)cc4)ccc3c2)[nH]1)C1CCOCC1. The monoisotopic (exact) mass is 888 g/mol. The highest BCUT2D eigenvalue weighted by Crippen LogP contribution is 2.36. The quantitative estimate of drug-likeness (QED) is 0.101. The van der Waals surface area contributed by atoms with Crippen LogP contribution < -0.4 is 10.6 Å². The minimum Gasteiger partial charge on any atom is -0.453 e. The number of nitrogens with zero attached hydrogens (tertiary/aromatic N) is 4. The Morgan fingerprint density at radius 3 is 1.89 bits per heavy atom. The number of hydrogen-bond donors (Lipinski definition) is 4. The molecule has 5 heterocycles. The summed E-state index contributed by atoms with van der Waals surface area (Å²) in [7, 11) is 2.59. The molecule has 4 amide bonds. The van der Waals surface area contributed by atoms with Gasteiger partial charge < -0.3 is 44.6 Å². The number of fused-ring (bicyclic) bond motifs is 1. The van der Waals surface area contributed by atoms with Crippen LogP contribution >= 0.6 is 0 Å². The molecule has 6 aromatic rings. The van der Waals surface area contributed by atoms with Crippen molar-refractivity contribution in [3.8, 4) is 34.4 Å². The lowest BCUT2D eigenvalue weighted by atomic mass is 9.90. The number of rotatable bonds is 10. The van der Waals surface area contributed by atoms with E-state index in [1.807, 2.05) is 71.8 Å². The van der Waals surface area contributed by atoms with Crippen LogP contribution in [0.5, 0.6) is 0 Å². The lowest BCUT2D eigenvalue weighted by molar-refractivity contribution is -0.137. The third kappa shape index (κ3) is 9.50. The van der Waals surface area contributed by atoms with Crippen molar-refractivity contribution in [3.63, 3.8) is 0 Å². The number of hydrogen-bond acceptors (Lipinski definition) is 9. The zero-order valence-corrected chi connectivity index (χ0v) is 36.9. The Morgan fingerprint density at radius 2 is 1.23 bits per heavy atom. The lowest BCUT2D eigenvalue weighted by Crippen LogP contribution is -2.53. The molecule has 4 atom stereocenters. The molecule has 0 aliphatic carbocycles. The number of aromatic nitrogens is 4. The summed E-state index contributed by atoms with van der Waals surface area (Å²) in [4.78, 5) is 72.4. The van der Waals surface area contributed by atoms with Crippen LogP contribution in [0.2, 0.25) is 0 Å². The van der Waals surface area contributed by atoms with Gasteiger partial charge in [0.05, 0.1) is 50.1 Å². The molecule has 4 N–H and O–H groups in total. The summed E-state index contributed by atoms with van der Waals surface area (Å²) < 4.78 is 15.2. The third-order valence-electron chi connectivity index (χ3n) is 12.9. The van der Waals surface area contributed by atoms with E-state index in [4.69, 9.17) is 24.2 Å². The van der Waals surface area contributed by atoms with Crippen LogP contribution in [-0.2, 0) is 23.8 Å². The number of H-pyrrole nitrogens is 2. The molecule has 0 spiro atoms. The van der Waals surface area contributed by atoms with Crippen LogP contribution in [0.1, 0.15) is 85.0 Å². The molecule has 9 rings (SSSR count). The van der Waals surface area contributed by atoms with E-state index in [0.717, 1.165) is 75.9 Å². The van der Waals surface area contributed by atoms with E-state index in [0.29, 0.717) is 50.5 Å². The summed E-state index contributed by atoms with van der Waals surface area (Å²) in [6, 6.07) is 27.5. The molecule has 4 aromatic carbocycles. The van der Waals surface area contributed by atoms with E-state index in [2.05, 4.69) is 62.8 Å². The number of ether oxygens (including phenoxy) is 3.